The summed E-state index contributed by atoms with van der Waals surface area (Å²) in [5.74, 6) is 0.847. The van der Waals surface area contributed by atoms with Gasteiger partial charge < -0.3 is 15.0 Å². The van der Waals surface area contributed by atoms with Gasteiger partial charge >= 0.3 is 0 Å². The Morgan fingerprint density at radius 3 is 2.24 bits per heavy atom. The first-order chi connectivity index (χ1) is 28.4. The largest absolute Gasteiger partial charge is 0.457 e. The molecule has 0 spiro atoms. The minimum absolute atomic E-state index is 0.125. The Balaban J connectivity index is 1.16. The van der Waals surface area contributed by atoms with E-state index in [0.29, 0.717) is 12.8 Å². The first kappa shape index (κ1) is 41.4. The van der Waals surface area contributed by atoms with E-state index in [1.165, 1.54) is 57.2 Å². The van der Waals surface area contributed by atoms with E-state index in [1.807, 2.05) is 24.3 Å². The summed E-state index contributed by atoms with van der Waals surface area (Å²) in [4.78, 5) is 39.8. The number of amides is 3. The molecule has 0 aromatic heterocycles. The average Bonchev–Trinajstić information content (AvgIpc) is 3.75. The van der Waals surface area contributed by atoms with Gasteiger partial charge in [0.1, 0.15) is 18.1 Å². The van der Waals surface area contributed by atoms with Gasteiger partial charge in [-0.2, -0.15) is 4.58 Å². The summed E-state index contributed by atoms with van der Waals surface area (Å²) in [6.07, 6.45) is 17.6. The number of imide groups is 1. The maximum absolute atomic E-state index is 12.6. The smallest absolute Gasteiger partial charge is 0.253 e. The molecule has 3 amide bonds. The van der Waals surface area contributed by atoms with Gasteiger partial charge in [-0.25, -0.2) is 0 Å². The maximum Gasteiger partial charge on any atom is 0.253 e. The second kappa shape index (κ2) is 17.6. The van der Waals surface area contributed by atoms with Crippen molar-refractivity contribution in [3.63, 3.8) is 0 Å². The van der Waals surface area contributed by atoms with Crippen LogP contribution < -0.4 is 15.0 Å². The fourth-order valence-corrected chi connectivity index (χ4v) is 9.07. The molecule has 306 valence electrons. The summed E-state index contributed by atoms with van der Waals surface area (Å²) in [6.45, 7) is 16.1. The number of ether oxygens (including phenoxy) is 1. The Hall–Kier alpha value is -5.76. The number of carbonyl (C=O) groups excluding carboxylic acids is 3. The van der Waals surface area contributed by atoms with Gasteiger partial charge in [-0.05, 0) is 98.6 Å². The Morgan fingerprint density at radius 2 is 1.51 bits per heavy atom. The molecule has 1 N–H and O–H groups in total. The normalized spacial score (nSPS) is 19.5. The lowest BCUT2D eigenvalue weighted by atomic mass is 9.81. The van der Waals surface area contributed by atoms with Gasteiger partial charge in [-0.1, -0.05) is 82.3 Å². The summed E-state index contributed by atoms with van der Waals surface area (Å²) in [7, 11) is 0. The summed E-state index contributed by atoms with van der Waals surface area (Å²) in [5, 5.41) is 2.83. The molecule has 59 heavy (non-hydrogen) atoms. The van der Waals surface area contributed by atoms with Gasteiger partial charge in [0.25, 0.3) is 11.8 Å². The SMILES string of the molecule is CCCN1/C(=C/C=C2\CCCC(/C=C/C3=[N+](CCC)c4ccccc4C3(C)C)=C2Oc2ccc(CCC(=O)NCCN3C(=O)C=CC3=O)cc2)C(C)(C)c2ccccc21. The van der Waals surface area contributed by atoms with Crippen LogP contribution in [0.4, 0.5) is 11.4 Å². The van der Waals surface area contributed by atoms with Crippen LogP contribution in [0, 0.1) is 0 Å². The molecule has 0 atom stereocenters. The standard InChI is InChI=1S/C51H58N4O4/c1-7-33-53-42-18-11-9-16-40(42)50(3,4)44(53)27-23-37-14-13-15-38(24-28-45-51(5,6)41-17-10-12-19-43(41)54(45)34-8-2)49(37)59-39-25-20-36(21-26-39)22-29-46(56)52-32-35-55-47(57)30-31-48(55)58/h9-12,16-21,23-28,30-31H,7-8,13-15,22,29,32-35H2,1-6H3/p+1. The number of rotatable bonds is 15. The number of nitrogens with one attached hydrogen (secondary N) is 1. The third-order valence-electron chi connectivity index (χ3n) is 12.2. The summed E-state index contributed by atoms with van der Waals surface area (Å²) < 4.78 is 9.43. The van der Waals surface area contributed by atoms with Crippen LogP contribution in [0.15, 0.2) is 132 Å². The number of anilines is 1. The second-order valence-corrected chi connectivity index (χ2v) is 17.0. The van der Waals surface area contributed by atoms with Crippen LogP contribution >= 0.6 is 0 Å². The molecule has 0 saturated carbocycles. The fourth-order valence-electron chi connectivity index (χ4n) is 9.07. The van der Waals surface area contributed by atoms with Crippen molar-refractivity contribution in [2.75, 3.05) is 31.1 Å². The lowest BCUT2D eigenvalue weighted by Gasteiger charge is -2.27. The molecule has 7 rings (SSSR count). The van der Waals surface area contributed by atoms with E-state index in [2.05, 4.69) is 129 Å². The monoisotopic (exact) mass is 791 g/mol. The first-order valence-electron chi connectivity index (χ1n) is 21.5. The minimum atomic E-state index is -0.345. The van der Waals surface area contributed by atoms with Gasteiger partial charge in [-0.3, -0.25) is 19.3 Å². The van der Waals surface area contributed by atoms with Crippen LogP contribution in [0.5, 0.6) is 5.75 Å². The number of allylic oxidation sites excluding steroid dienone is 7. The highest BCUT2D eigenvalue weighted by atomic mass is 16.5. The Bertz CT molecular complexity index is 2280. The number of hydrogen-bond acceptors (Lipinski definition) is 5. The number of para-hydroxylation sites is 2. The predicted octanol–water partition coefficient (Wildman–Crippen LogP) is 9.54. The highest BCUT2D eigenvalue weighted by Crippen LogP contribution is 2.48. The van der Waals surface area contributed by atoms with Crippen molar-refractivity contribution in [3.8, 4) is 5.75 Å². The van der Waals surface area contributed by atoms with E-state index in [4.69, 9.17) is 4.74 Å². The fraction of sp³-hybridized carbons (Fsp3) is 0.373. The Labute approximate surface area is 350 Å². The Morgan fingerprint density at radius 1 is 0.797 bits per heavy atom. The van der Waals surface area contributed by atoms with Gasteiger partial charge in [-0.15, -0.1) is 0 Å². The number of fused-ring (bicyclic) bond motifs is 2. The van der Waals surface area contributed by atoms with Crippen LogP contribution in [-0.4, -0.2) is 59.1 Å². The summed E-state index contributed by atoms with van der Waals surface area (Å²) >= 11 is 0. The van der Waals surface area contributed by atoms with Crippen molar-refractivity contribution in [2.45, 2.75) is 97.3 Å². The molecular weight excluding hydrogens is 733 g/mol. The van der Waals surface area contributed by atoms with Crippen molar-refractivity contribution in [1.82, 2.24) is 10.2 Å². The van der Waals surface area contributed by atoms with Gasteiger partial charge in [0.15, 0.2) is 5.71 Å². The lowest BCUT2D eigenvalue weighted by Crippen LogP contribution is -2.38. The number of hydrogen-bond donors (Lipinski definition) is 1. The number of carbonyl (C=O) groups is 3. The molecule has 0 unspecified atom stereocenters. The molecule has 8 heteroatoms. The van der Waals surface area contributed by atoms with Crippen molar-refractivity contribution in [1.29, 1.82) is 0 Å². The van der Waals surface area contributed by atoms with Crippen LogP contribution in [0.3, 0.4) is 0 Å². The molecular formula is C51H59N4O4+. The third kappa shape index (κ3) is 8.54. The highest BCUT2D eigenvalue weighted by Gasteiger charge is 2.44. The van der Waals surface area contributed by atoms with Crippen LogP contribution in [0.25, 0.3) is 0 Å². The second-order valence-electron chi connectivity index (χ2n) is 17.0. The van der Waals surface area contributed by atoms with Crippen molar-refractivity contribution < 1.29 is 23.7 Å². The number of nitrogens with zero attached hydrogens (tertiary/aromatic N) is 3. The number of aryl methyl sites for hydroxylation is 1. The van der Waals surface area contributed by atoms with Gasteiger partial charge in [0, 0.05) is 79.1 Å². The van der Waals surface area contributed by atoms with Crippen LogP contribution in [-0.2, 0) is 31.6 Å². The molecule has 0 radical (unpaired) electrons. The lowest BCUT2D eigenvalue weighted by molar-refractivity contribution is -0.437. The minimum Gasteiger partial charge on any atom is -0.457 e. The highest BCUT2D eigenvalue weighted by molar-refractivity contribution is 6.12. The molecule has 4 aliphatic rings. The van der Waals surface area contributed by atoms with E-state index >= 15 is 0 Å². The maximum atomic E-state index is 12.6. The molecule has 3 heterocycles. The zero-order chi connectivity index (χ0) is 41.7. The van der Waals surface area contributed by atoms with Crippen LogP contribution in [0.2, 0.25) is 0 Å². The van der Waals surface area contributed by atoms with E-state index in [1.54, 1.807) is 0 Å². The van der Waals surface area contributed by atoms with Crippen molar-refractivity contribution >= 4 is 34.8 Å². The molecule has 0 saturated heterocycles. The molecule has 3 aromatic carbocycles. The van der Waals surface area contributed by atoms with E-state index in [-0.39, 0.29) is 41.6 Å². The average molecular weight is 792 g/mol. The number of benzene rings is 3. The quantitative estimate of drug-likeness (QED) is 0.123. The first-order valence-corrected chi connectivity index (χ1v) is 21.5. The summed E-state index contributed by atoms with van der Waals surface area (Å²) in [6, 6.07) is 25.6. The van der Waals surface area contributed by atoms with E-state index < -0.39 is 0 Å². The topological polar surface area (TPSA) is 82.0 Å². The van der Waals surface area contributed by atoms with E-state index in [9.17, 15) is 14.4 Å². The molecule has 3 aromatic rings. The molecule has 1 aliphatic carbocycles. The molecule has 8 nitrogen and oxygen atoms in total. The van der Waals surface area contributed by atoms with Gasteiger partial charge in [0.05, 0.1) is 5.41 Å². The molecule has 0 fully saturated rings. The van der Waals surface area contributed by atoms with Crippen molar-refractivity contribution in [2.24, 2.45) is 0 Å². The van der Waals surface area contributed by atoms with Gasteiger partial charge in [0.2, 0.25) is 11.6 Å². The molecule has 3 aliphatic heterocycles. The molecule has 0 bridgehead atoms. The third-order valence-corrected chi connectivity index (χ3v) is 12.2. The zero-order valence-electron chi connectivity index (χ0n) is 35.6. The predicted molar refractivity (Wildman–Crippen MR) is 237 cm³/mol. The van der Waals surface area contributed by atoms with Crippen LogP contribution in [0.1, 0.15) is 96.8 Å². The zero-order valence-corrected chi connectivity index (χ0v) is 35.6. The summed E-state index contributed by atoms with van der Waals surface area (Å²) in [5.41, 5.74) is 11.0. The van der Waals surface area contributed by atoms with E-state index in [0.717, 1.165) is 67.2 Å². The Kier molecular flexibility index (Phi) is 12.4. The van der Waals surface area contributed by atoms with Crippen molar-refractivity contribution in [3.05, 3.63) is 149 Å².